The van der Waals surface area contributed by atoms with E-state index >= 15 is 0 Å². The van der Waals surface area contributed by atoms with E-state index in [0.29, 0.717) is 38.9 Å². The molecule has 10 nitrogen and oxygen atoms in total. The van der Waals surface area contributed by atoms with E-state index in [1.807, 2.05) is 45.9 Å². The molecular formula is C25H25N7O3. The number of carbonyl (C=O) groups is 1. The molecule has 5 aromatic rings. The number of benzene rings is 1. The second-order valence-corrected chi connectivity index (χ2v) is 8.94. The zero-order valence-electron chi connectivity index (χ0n) is 19.8. The molecule has 5 rings (SSSR count). The molecule has 0 fully saturated rings. The highest BCUT2D eigenvalue weighted by molar-refractivity contribution is 6.06. The average molecular weight is 472 g/mol. The molecule has 4 aromatic heterocycles. The van der Waals surface area contributed by atoms with Crippen molar-refractivity contribution in [3.63, 3.8) is 0 Å². The minimum absolute atomic E-state index is 0.0310. The van der Waals surface area contributed by atoms with E-state index in [0.717, 1.165) is 16.8 Å². The summed E-state index contributed by atoms with van der Waals surface area (Å²) in [5.41, 5.74) is 5.20. The molecule has 0 spiro atoms. The van der Waals surface area contributed by atoms with Crippen LogP contribution in [0.25, 0.3) is 33.3 Å². The van der Waals surface area contributed by atoms with Crippen molar-refractivity contribution in [3.05, 3.63) is 79.8 Å². The molecule has 35 heavy (non-hydrogen) atoms. The number of aromatic nitrogens is 6. The molecule has 1 amide bonds. The third-order valence-corrected chi connectivity index (χ3v) is 6.03. The number of hydrogen-bond acceptors (Lipinski definition) is 5. The smallest absolute Gasteiger partial charge is 0.323 e. The van der Waals surface area contributed by atoms with Gasteiger partial charge >= 0.3 is 5.69 Å². The van der Waals surface area contributed by atoms with Crippen molar-refractivity contribution >= 4 is 28.0 Å². The van der Waals surface area contributed by atoms with E-state index in [1.54, 1.807) is 23.0 Å². The molecule has 0 aliphatic rings. The molecule has 10 heteroatoms. The molecule has 0 bridgehead atoms. The molecule has 0 aliphatic heterocycles. The predicted molar refractivity (Wildman–Crippen MR) is 134 cm³/mol. The van der Waals surface area contributed by atoms with E-state index in [9.17, 15) is 14.4 Å². The fourth-order valence-electron chi connectivity index (χ4n) is 4.29. The molecule has 0 saturated carbocycles. The van der Waals surface area contributed by atoms with Gasteiger partial charge in [-0.1, -0.05) is 6.07 Å². The number of H-pyrrole nitrogens is 3. The van der Waals surface area contributed by atoms with Crippen LogP contribution in [0.3, 0.4) is 0 Å². The third kappa shape index (κ3) is 4.03. The van der Waals surface area contributed by atoms with Gasteiger partial charge in [0.25, 0.3) is 11.5 Å². The lowest BCUT2D eigenvalue weighted by molar-refractivity contribution is 0.0952. The normalized spacial score (nSPS) is 11.6. The molecule has 0 saturated heterocycles. The van der Waals surface area contributed by atoms with Crippen molar-refractivity contribution in [1.29, 1.82) is 0 Å². The van der Waals surface area contributed by atoms with Crippen LogP contribution >= 0.6 is 0 Å². The largest absolute Gasteiger partial charge is 0.348 e. The third-order valence-electron chi connectivity index (χ3n) is 6.03. The number of amides is 1. The quantitative estimate of drug-likeness (QED) is 0.312. The highest BCUT2D eigenvalue weighted by Crippen LogP contribution is 2.27. The molecule has 4 heterocycles. The van der Waals surface area contributed by atoms with Crippen molar-refractivity contribution in [2.24, 2.45) is 0 Å². The van der Waals surface area contributed by atoms with Gasteiger partial charge in [-0.05, 0) is 57.5 Å². The van der Waals surface area contributed by atoms with Crippen LogP contribution in [0.15, 0.2) is 46.1 Å². The van der Waals surface area contributed by atoms with Crippen LogP contribution < -0.4 is 16.6 Å². The summed E-state index contributed by atoms with van der Waals surface area (Å²) in [6, 6.07) is 9.06. The van der Waals surface area contributed by atoms with E-state index in [-0.39, 0.29) is 29.7 Å². The topological polar surface area (TPSA) is 141 Å². The van der Waals surface area contributed by atoms with Crippen LogP contribution in [0, 0.1) is 13.8 Å². The van der Waals surface area contributed by atoms with Crippen LogP contribution in [0.1, 0.15) is 47.1 Å². The van der Waals surface area contributed by atoms with Crippen LogP contribution in [-0.4, -0.2) is 35.6 Å². The van der Waals surface area contributed by atoms with Gasteiger partial charge in [-0.25, -0.2) is 14.5 Å². The maximum Gasteiger partial charge on any atom is 0.323 e. The number of rotatable bonds is 5. The van der Waals surface area contributed by atoms with Crippen LogP contribution in [0.4, 0.5) is 0 Å². The van der Waals surface area contributed by atoms with Gasteiger partial charge in [-0.3, -0.25) is 9.59 Å². The zero-order chi connectivity index (χ0) is 24.9. The monoisotopic (exact) mass is 471 g/mol. The summed E-state index contributed by atoms with van der Waals surface area (Å²) in [7, 11) is 0. The number of nitrogens with one attached hydrogen (secondary N) is 4. The molecule has 0 aliphatic carbocycles. The number of carbonyl (C=O) groups excluding carboxylic acids is 1. The van der Waals surface area contributed by atoms with Crippen molar-refractivity contribution in [2.45, 2.75) is 40.3 Å². The Hall–Kier alpha value is -4.47. The van der Waals surface area contributed by atoms with Crippen molar-refractivity contribution < 1.29 is 4.79 Å². The molecule has 1 aromatic carbocycles. The lowest BCUT2D eigenvalue weighted by Crippen LogP contribution is -2.28. The molecule has 178 valence electrons. The lowest BCUT2D eigenvalue weighted by Gasteiger charge is -2.12. The Morgan fingerprint density at radius 2 is 1.83 bits per heavy atom. The van der Waals surface area contributed by atoms with E-state index in [1.165, 1.54) is 0 Å². The van der Waals surface area contributed by atoms with Crippen molar-refractivity contribution in [1.82, 2.24) is 35.0 Å². The first-order valence-corrected chi connectivity index (χ1v) is 11.3. The number of aryl methyl sites for hydroxylation is 2. The fourth-order valence-corrected chi connectivity index (χ4v) is 4.29. The van der Waals surface area contributed by atoms with Gasteiger partial charge in [-0.2, -0.15) is 5.10 Å². The van der Waals surface area contributed by atoms with Gasteiger partial charge < -0.3 is 20.3 Å². The summed E-state index contributed by atoms with van der Waals surface area (Å²) in [4.78, 5) is 50.5. The first-order valence-electron chi connectivity index (χ1n) is 11.3. The van der Waals surface area contributed by atoms with E-state index < -0.39 is 0 Å². The molecular weight excluding hydrogens is 446 g/mol. The predicted octanol–water partition coefficient (Wildman–Crippen LogP) is 3.08. The Morgan fingerprint density at radius 3 is 2.57 bits per heavy atom. The Kier molecular flexibility index (Phi) is 5.35. The second-order valence-electron chi connectivity index (χ2n) is 8.94. The Labute approximate surface area is 199 Å². The number of fused-ring (bicyclic) bond motifs is 2. The van der Waals surface area contributed by atoms with E-state index in [4.69, 9.17) is 4.98 Å². The summed E-state index contributed by atoms with van der Waals surface area (Å²) in [5, 5.41) is 7.95. The number of aromatic amines is 3. The lowest BCUT2D eigenvalue weighted by atomic mass is 10.1. The minimum Gasteiger partial charge on any atom is -0.348 e. The summed E-state index contributed by atoms with van der Waals surface area (Å²) < 4.78 is 1.77. The fraction of sp³-hybridized carbons (Fsp3) is 0.240. The summed E-state index contributed by atoms with van der Waals surface area (Å²) in [6.07, 6.45) is 1.64. The molecule has 0 unspecified atom stereocenters. The SMILES string of the molecule is Cc1cc(C)c(CNC(=O)c2cc(-c3ccc4[nH]c(=O)[nH]c4c3)nc3c2cnn3C(C)C)c(=O)[nH]1. The number of pyridine rings is 2. The number of imidazole rings is 1. The summed E-state index contributed by atoms with van der Waals surface area (Å²) in [6.45, 7) is 7.74. The first kappa shape index (κ1) is 22.3. The molecule has 0 atom stereocenters. The van der Waals surface area contributed by atoms with Crippen molar-refractivity contribution in [3.8, 4) is 11.3 Å². The second kappa shape index (κ2) is 8.39. The minimum atomic E-state index is -0.336. The average Bonchev–Trinajstić information content (AvgIpc) is 3.39. The zero-order valence-corrected chi connectivity index (χ0v) is 19.8. The van der Waals surface area contributed by atoms with Gasteiger partial charge in [-0.15, -0.1) is 0 Å². The van der Waals surface area contributed by atoms with Crippen LogP contribution in [0.5, 0.6) is 0 Å². The number of nitrogens with zero attached hydrogens (tertiary/aromatic N) is 3. The van der Waals surface area contributed by atoms with Gasteiger partial charge in [0.2, 0.25) is 0 Å². The van der Waals surface area contributed by atoms with Crippen LogP contribution in [-0.2, 0) is 6.54 Å². The number of hydrogen-bond donors (Lipinski definition) is 4. The standard InChI is InChI=1S/C25H25N7O3/c1-12(2)32-22-18(11-27-32)16(23(33)26-10-17-13(3)7-14(4)28-24(17)34)9-20(29-22)15-5-6-19-21(8-15)31-25(35)30-19/h5-9,11-12H,10H2,1-4H3,(H,26,33)(H,28,34)(H2,30,31,35). The maximum atomic E-state index is 13.4. The summed E-state index contributed by atoms with van der Waals surface area (Å²) in [5.74, 6) is -0.336. The highest BCUT2D eigenvalue weighted by Gasteiger charge is 2.19. The summed E-state index contributed by atoms with van der Waals surface area (Å²) >= 11 is 0. The van der Waals surface area contributed by atoms with Crippen molar-refractivity contribution in [2.75, 3.05) is 0 Å². The maximum absolute atomic E-state index is 13.4. The van der Waals surface area contributed by atoms with Gasteiger partial charge in [0.05, 0.1) is 33.9 Å². The first-order chi connectivity index (χ1) is 16.7. The molecule has 0 radical (unpaired) electrons. The molecule has 4 N–H and O–H groups in total. The van der Waals surface area contributed by atoms with Crippen LogP contribution in [0.2, 0.25) is 0 Å². The van der Waals surface area contributed by atoms with Gasteiger partial charge in [0.15, 0.2) is 5.65 Å². The highest BCUT2D eigenvalue weighted by atomic mass is 16.2. The Bertz CT molecular complexity index is 1720. The Balaban J connectivity index is 1.59. The van der Waals surface area contributed by atoms with Gasteiger partial charge in [0, 0.05) is 29.4 Å². The van der Waals surface area contributed by atoms with E-state index in [2.05, 4.69) is 25.4 Å². The van der Waals surface area contributed by atoms with Gasteiger partial charge in [0.1, 0.15) is 0 Å². The Morgan fingerprint density at radius 1 is 1.06 bits per heavy atom.